The van der Waals surface area contributed by atoms with Crippen LogP contribution in [0.1, 0.15) is 59.9 Å². The van der Waals surface area contributed by atoms with E-state index in [2.05, 4.69) is 16.5 Å². The Morgan fingerprint density at radius 3 is 2.35 bits per heavy atom. The maximum Gasteiger partial charge on any atom is 0.281 e. The molecule has 2 aromatic heterocycles. The summed E-state index contributed by atoms with van der Waals surface area (Å²) in [6.07, 6.45) is 5.43. The number of phenols is 1. The van der Waals surface area contributed by atoms with Crippen LogP contribution in [0.25, 0.3) is 27.7 Å². The highest BCUT2D eigenvalue weighted by Crippen LogP contribution is 2.51. The number of nitrogens with zero attached hydrogens (tertiary/aromatic N) is 6. The molecule has 2 saturated carbocycles. The lowest BCUT2D eigenvalue weighted by atomic mass is 9.95. The van der Waals surface area contributed by atoms with Gasteiger partial charge in [0.05, 0.1) is 45.4 Å². The predicted octanol–water partition coefficient (Wildman–Crippen LogP) is 5.41. The number of carbonyl (C=O) groups excluding carboxylic acids is 2. The number of halogens is 3. The largest absolute Gasteiger partial charge is 0.507 e. The third kappa shape index (κ3) is 4.38. The summed E-state index contributed by atoms with van der Waals surface area (Å²) in [4.78, 5) is 54.8. The van der Waals surface area contributed by atoms with Crippen molar-refractivity contribution in [2.75, 3.05) is 29.9 Å². The van der Waals surface area contributed by atoms with Gasteiger partial charge in [-0.3, -0.25) is 19.0 Å². The summed E-state index contributed by atoms with van der Waals surface area (Å²) >= 11 is 6.79. The topological polar surface area (TPSA) is 112 Å². The molecule has 0 spiro atoms. The van der Waals surface area contributed by atoms with Gasteiger partial charge in [-0.1, -0.05) is 24.2 Å². The lowest BCUT2D eigenvalue weighted by Crippen LogP contribution is -2.66. The minimum atomic E-state index is -3.19. The van der Waals surface area contributed by atoms with Crippen LogP contribution < -0.4 is 15.4 Å². The van der Waals surface area contributed by atoms with Gasteiger partial charge in [0.2, 0.25) is 5.91 Å². The maximum atomic E-state index is 17.7. The molecule has 246 valence electrons. The Hall–Kier alpha value is -4.84. The first-order valence-electron chi connectivity index (χ1n) is 17.2. The molecule has 8 rings (SSSR count). The van der Waals surface area contributed by atoms with E-state index >= 15 is 13.6 Å². The molecule has 10 nitrogen and oxygen atoms in total. The molecule has 1 N–H and O–H groups in total. The predicted molar refractivity (Wildman–Crippen MR) is 177 cm³/mol. The fraction of sp³-hybridized carbons (Fsp3) is 0.343. The summed E-state index contributed by atoms with van der Waals surface area (Å²) in [5.41, 5.74) is -1.95. The number of rotatable bonds is 5. The van der Waals surface area contributed by atoms with Gasteiger partial charge in [-0.2, -0.15) is 0 Å². The number of hydrogen-bond acceptors (Lipinski definition) is 7. The van der Waals surface area contributed by atoms with Crippen molar-refractivity contribution in [1.29, 1.82) is 0 Å². The van der Waals surface area contributed by atoms with E-state index < -0.39 is 70.6 Å². The SMILES string of the molecule is [2H]C([2H])([2H])N1C(=O)[C@H]2CN(C(=O)C=C)[C@H](C)CN2c2c1c(=O)n(-c1c(C3CC3)ncnc1C1CC1)c1c(F)c(-c3c(O)cccc3F)c(Cl)cc21. The number of phenolic OH excluding ortho intramolecular Hbond substituents is 1. The van der Waals surface area contributed by atoms with Crippen LogP contribution in [-0.4, -0.2) is 68.5 Å². The molecule has 4 aliphatic rings. The molecule has 2 amide bonds. The Morgan fingerprint density at radius 2 is 1.75 bits per heavy atom. The molecular formula is C35H31ClF2N6O4. The Labute approximate surface area is 283 Å². The third-order valence-electron chi connectivity index (χ3n) is 9.79. The minimum absolute atomic E-state index is 0.0403. The zero-order valence-electron chi connectivity index (χ0n) is 28.7. The van der Waals surface area contributed by atoms with Gasteiger partial charge in [0.1, 0.15) is 29.6 Å². The Balaban J connectivity index is 1.55. The Bertz CT molecular complexity index is 2220. The molecule has 4 aromatic rings. The first kappa shape index (κ1) is 27.1. The van der Waals surface area contributed by atoms with Crippen LogP contribution in [0.5, 0.6) is 5.75 Å². The van der Waals surface area contributed by atoms with Crippen molar-refractivity contribution in [3.63, 3.8) is 0 Å². The van der Waals surface area contributed by atoms with Gasteiger partial charge in [-0.25, -0.2) is 18.7 Å². The van der Waals surface area contributed by atoms with Crippen molar-refractivity contribution in [3.8, 4) is 22.6 Å². The lowest BCUT2D eigenvalue weighted by Gasteiger charge is -2.50. The van der Waals surface area contributed by atoms with E-state index in [0.29, 0.717) is 16.3 Å². The fourth-order valence-corrected chi connectivity index (χ4v) is 7.49. The standard InChI is InChI=1S/C35H31ClF2N6O4/c1-4-24(46)42-14-22-34(47)41(3)33-31(43(22)13-16(42)2)19-12-20(36)25(26-21(37)6-5-7-23(26)45)27(38)30(19)44(35(33)48)32-28(17-8-9-17)39-15-40-29(32)18-10-11-18/h4-7,12,15-18,22,45H,1,8-11,13-14H2,2-3H3/t16-,22-/m1/s1/i3D3. The van der Waals surface area contributed by atoms with Crippen molar-refractivity contribution < 1.29 is 27.6 Å². The quantitative estimate of drug-likeness (QED) is 0.282. The van der Waals surface area contributed by atoms with Crippen LogP contribution >= 0.6 is 11.6 Å². The van der Waals surface area contributed by atoms with E-state index in [-0.39, 0.29) is 52.2 Å². The van der Waals surface area contributed by atoms with Crippen LogP contribution in [0, 0.1) is 11.6 Å². The number of amides is 2. The second-order valence-electron chi connectivity index (χ2n) is 12.8. The maximum absolute atomic E-state index is 17.7. The zero-order valence-corrected chi connectivity index (χ0v) is 26.5. The fourth-order valence-electron chi connectivity index (χ4n) is 7.20. The van der Waals surface area contributed by atoms with E-state index in [0.717, 1.165) is 42.4 Å². The first-order chi connectivity index (χ1) is 24.2. The lowest BCUT2D eigenvalue weighted by molar-refractivity contribution is -0.130. The number of piperazine rings is 1. The van der Waals surface area contributed by atoms with Crippen molar-refractivity contribution in [1.82, 2.24) is 19.4 Å². The summed E-state index contributed by atoms with van der Waals surface area (Å²) in [6.45, 7) is 1.79. The second-order valence-corrected chi connectivity index (χ2v) is 13.2. The highest BCUT2D eigenvalue weighted by molar-refractivity contribution is 6.35. The van der Waals surface area contributed by atoms with Gasteiger partial charge in [0.25, 0.3) is 11.5 Å². The van der Waals surface area contributed by atoms with E-state index in [9.17, 15) is 14.7 Å². The monoisotopic (exact) mass is 675 g/mol. The summed E-state index contributed by atoms with van der Waals surface area (Å²) in [7, 11) is 0. The van der Waals surface area contributed by atoms with Crippen molar-refractivity contribution >= 4 is 45.7 Å². The first-order valence-corrected chi connectivity index (χ1v) is 16.1. The van der Waals surface area contributed by atoms with Gasteiger partial charge >= 0.3 is 0 Å². The number of aromatic nitrogens is 3. The van der Waals surface area contributed by atoms with Gasteiger partial charge in [0, 0.05) is 46.5 Å². The average molecular weight is 676 g/mol. The highest BCUT2D eigenvalue weighted by atomic mass is 35.5. The minimum Gasteiger partial charge on any atom is -0.507 e. The molecule has 2 aliphatic heterocycles. The van der Waals surface area contributed by atoms with Gasteiger partial charge in [0.15, 0.2) is 5.82 Å². The van der Waals surface area contributed by atoms with Crippen molar-refractivity contribution in [2.45, 2.75) is 56.5 Å². The summed E-state index contributed by atoms with van der Waals surface area (Å²) in [5, 5.41) is 10.4. The number of pyridine rings is 1. The number of aromatic hydroxyl groups is 1. The molecule has 2 aromatic carbocycles. The van der Waals surface area contributed by atoms with Crippen LogP contribution in [0.3, 0.4) is 0 Å². The molecule has 0 bridgehead atoms. The zero-order chi connectivity index (χ0) is 36.3. The number of benzene rings is 2. The van der Waals surface area contributed by atoms with E-state index in [1.165, 1.54) is 34.3 Å². The molecule has 4 heterocycles. The number of likely N-dealkylation sites (N-methyl/N-ethyl adjacent to an activating group) is 1. The molecule has 13 heteroatoms. The van der Waals surface area contributed by atoms with E-state index in [1.807, 2.05) is 0 Å². The molecular weight excluding hydrogens is 642 g/mol. The normalized spacial score (nSPS) is 21.8. The van der Waals surface area contributed by atoms with Crippen LogP contribution in [0.4, 0.5) is 20.2 Å². The number of anilines is 2. The smallest absolute Gasteiger partial charge is 0.281 e. The molecule has 0 unspecified atom stereocenters. The van der Waals surface area contributed by atoms with E-state index in [1.54, 1.807) is 6.92 Å². The van der Waals surface area contributed by atoms with Crippen LogP contribution in [0.2, 0.25) is 5.02 Å². The molecule has 48 heavy (non-hydrogen) atoms. The van der Waals surface area contributed by atoms with Crippen molar-refractivity contribution in [3.05, 3.63) is 81.6 Å². The molecule has 2 aliphatic carbocycles. The highest BCUT2D eigenvalue weighted by Gasteiger charge is 2.47. The number of fused-ring (bicyclic) bond motifs is 5. The van der Waals surface area contributed by atoms with Gasteiger partial charge < -0.3 is 19.8 Å². The third-order valence-corrected chi connectivity index (χ3v) is 10.1. The Kier molecular flexibility index (Phi) is 6.13. The van der Waals surface area contributed by atoms with Gasteiger partial charge in [-0.05, 0) is 56.9 Å². The Morgan fingerprint density at radius 1 is 1.06 bits per heavy atom. The molecule has 1 saturated heterocycles. The molecule has 0 radical (unpaired) electrons. The van der Waals surface area contributed by atoms with Gasteiger partial charge in [-0.15, -0.1) is 0 Å². The summed E-state index contributed by atoms with van der Waals surface area (Å²) in [5.74, 6) is -4.35. The van der Waals surface area contributed by atoms with Crippen LogP contribution in [0.15, 0.2) is 48.0 Å². The van der Waals surface area contributed by atoms with Crippen LogP contribution in [-0.2, 0) is 9.59 Å². The van der Waals surface area contributed by atoms with Crippen molar-refractivity contribution in [2.24, 2.45) is 0 Å². The average Bonchev–Trinajstić information content (AvgIpc) is 4.00. The molecule has 3 fully saturated rings. The summed E-state index contributed by atoms with van der Waals surface area (Å²) < 4.78 is 59.6. The second kappa shape index (κ2) is 10.8. The van der Waals surface area contributed by atoms with E-state index in [4.69, 9.17) is 15.7 Å². The summed E-state index contributed by atoms with van der Waals surface area (Å²) in [6, 6.07) is 2.92. The molecule has 2 atom stereocenters. The number of carbonyl (C=O) groups is 2. The number of hydrogen-bond donors (Lipinski definition) is 1.